The third kappa shape index (κ3) is 4.47. The Balaban J connectivity index is 2.12. The summed E-state index contributed by atoms with van der Waals surface area (Å²) in [5.41, 5.74) is 2.20. The lowest BCUT2D eigenvalue weighted by Gasteiger charge is -2.19. The standard InChI is InChI=1S/C17H19ClFNS/c1-3-20-16(13-9-8-12(2)14(18)10-13)11-21-17-7-5-4-6-15(17)19/h4-10,16,20H,3,11H2,1-2H3. The molecule has 0 amide bonds. The zero-order chi connectivity index (χ0) is 15.2. The number of nitrogens with one attached hydrogen (secondary N) is 1. The molecule has 0 aliphatic carbocycles. The molecule has 2 aromatic carbocycles. The van der Waals surface area contributed by atoms with Crippen LogP contribution in [0.5, 0.6) is 0 Å². The van der Waals surface area contributed by atoms with Crippen molar-refractivity contribution in [1.29, 1.82) is 0 Å². The van der Waals surface area contributed by atoms with Crippen LogP contribution in [0.3, 0.4) is 0 Å². The van der Waals surface area contributed by atoms with Crippen LogP contribution < -0.4 is 5.32 Å². The molecule has 0 fully saturated rings. The van der Waals surface area contributed by atoms with E-state index in [0.29, 0.717) is 4.90 Å². The van der Waals surface area contributed by atoms with E-state index in [1.54, 1.807) is 6.07 Å². The highest BCUT2D eigenvalue weighted by Crippen LogP contribution is 2.28. The van der Waals surface area contributed by atoms with Gasteiger partial charge in [-0.05, 0) is 42.8 Å². The van der Waals surface area contributed by atoms with E-state index in [-0.39, 0.29) is 11.9 Å². The van der Waals surface area contributed by atoms with Gasteiger partial charge in [-0.3, -0.25) is 0 Å². The van der Waals surface area contributed by atoms with Gasteiger partial charge in [0.25, 0.3) is 0 Å². The first-order chi connectivity index (χ1) is 10.1. The predicted molar refractivity (Wildman–Crippen MR) is 89.7 cm³/mol. The van der Waals surface area contributed by atoms with E-state index in [1.807, 2.05) is 31.2 Å². The van der Waals surface area contributed by atoms with Gasteiger partial charge in [-0.2, -0.15) is 0 Å². The van der Waals surface area contributed by atoms with Crippen LogP contribution >= 0.6 is 23.4 Å². The maximum Gasteiger partial charge on any atom is 0.136 e. The SMILES string of the molecule is CCNC(CSc1ccccc1F)c1ccc(C)c(Cl)c1. The van der Waals surface area contributed by atoms with E-state index in [4.69, 9.17) is 11.6 Å². The fourth-order valence-corrected chi connectivity index (χ4v) is 3.31. The first-order valence-corrected chi connectivity index (χ1v) is 8.35. The van der Waals surface area contributed by atoms with E-state index in [1.165, 1.54) is 17.8 Å². The van der Waals surface area contributed by atoms with Crippen LogP contribution in [-0.2, 0) is 0 Å². The Morgan fingerprint density at radius 1 is 1.24 bits per heavy atom. The van der Waals surface area contributed by atoms with Crippen molar-refractivity contribution < 1.29 is 4.39 Å². The number of hydrogen-bond donors (Lipinski definition) is 1. The quantitative estimate of drug-likeness (QED) is 0.730. The van der Waals surface area contributed by atoms with Gasteiger partial charge in [0.05, 0.1) is 0 Å². The van der Waals surface area contributed by atoms with Gasteiger partial charge in [0.1, 0.15) is 5.82 Å². The van der Waals surface area contributed by atoms with Crippen molar-refractivity contribution in [2.45, 2.75) is 24.8 Å². The highest BCUT2D eigenvalue weighted by molar-refractivity contribution is 7.99. The Hall–Kier alpha value is -1.03. The summed E-state index contributed by atoms with van der Waals surface area (Å²) in [6, 6.07) is 13.1. The highest BCUT2D eigenvalue weighted by Gasteiger charge is 2.13. The summed E-state index contributed by atoms with van der Waals surface area (Å²) < 4.78 is 13.7. The molecule has 21 heavy (non-hydrogen) atoms. The smallest absolute Gasteiger partial charge is 0.136 e. The van der Waals surface area contributed by atoms with E-state index in [0.717, 1.165) is 28.4 Å². The Morgan fingerprint density at radius 2 is 2.00 bits per heavy atom. The number of thioether (sulfide) groups is 1. The summed E-state index contributed by atoms with van der Waals surface area (Å²) in [5.74, 6) is 0.591. The predicted octanol–water partition coefficient (Wildman–Crippen LogP) is 5.23. The van der Waals surface area contributed by atoms with Crippen LogP contribution in [-0.4, -0.2) is 12.3 Å². The van der Waals surface area contributed by atoms with Crippen molar-refractivity contribution in [3.8, 4) is 0 Å². The summed E-state index contributed by atoms with van der Waals surface area (Å²) in [7, 11) is 0. The Kier molecular flexibility index (Phi) is 6.09. The van der Waals surface area contributed by atoms with Gasteiger partial charge in [0, 0.05) is 21.7 Å². The summed E-state index contributed by atoms with van der Waals surface area (Å²) in [6.45, 7) is 4.91. The lowest BCUT2D eigenvalue weighted by atomic mass is 10.1. The Bertz CT molecular complexity index is 603. The lowest BCUT2D eigenvalue weighted by Crippen LogP contribution is -2.23. The van der Waals surface area contributed by atoms with Crippen LogP contribution in [0.1, 0.15) is 24.1 Å². The fourth-order valence-electron chi connectivity index (χ4n) is 2.08. The molecule has 1 unspecified atom stereocenters. The molecule has 2 rings (SSSR count). The fraction of sp³-hybridized carbons (Fsp3) is 0.294. The molecule has 0 aliphatic rings. The zero-order valence-electron chi connectivity index (χ0n) is 12.2. The van der Waals surface area contributed by atoms with E-state index in [9.17, 15) is 4.39 Å². The molecule has 1 nitrogen and oxygen atoms in total. The second-order valence-corrected chi connectivity index (χ2v) is 6.33. The third-order valence-electron chi connectivity index (χ3n) is 3.29. The molecule has 112 valence electrons. The Labute approximate surface area is 134 Å². The second-order valence-electron chi connectivity index (χ2n) is 4.86. The summed E-state index contributed by atoms with van der Waals surface area (Å²) in [4.78, 5) is 0.679. The Morgan fingerprint density at radius 3 is 2.67 bits per heavy atom. The van der Waals surface area contributed by atoms with Crippen molar-refractivity contribution in [2.75, 3.05) is 12.3 Å². The van der Waals surface area contributed by atoms with Gasteiger partial charge in [0.2, 0.25) is 0 Å². The molecule has 1 atom stereocenters. The normalized spacial score (nSPS) is 12.4. The minimum Gasteiger partial charge on any atom is -0.309 e. The van der Waals surface area contributed by atoms with E-state index < -0.39 is 0 Å². The molecule has 0 bridgehead atoms. The van der Waals surface area contributed by atoms with Gasteiger partial charge in [0.15, 0.2) is 0 Å². The van der Waals surface area contributed by atoms with Gasteiger partial charge in [-0.1, -0.05) is 42.8 Å². The zero-order valence-corrected chi connectivity index (χ0v) is 13.8. The number of benzene rings is 2. The first-order valence-electron chi connectivity index (χ1n) is 6.98. The number of hydrogen-bond acceptors (Lipinski definition) is 2. The van der Waals surface area contributed by atoms with Crippen LogP contribution in [0.25, 0.3) is 0 Å². The maximum atomic E-state index is 13.7. The van der Waals surface area contributed by atoms with Crippen LogP contribution in [0.2, 0.25) is 5.02 Å². The third-order valence-corrected chi connectivity index (χ3v) is 4.84. The molecule has 0 heterocycles. The van der Waals surface area contributed by atoms with Gasteiger partial charge in [-0.15, -0.1) is 11.8 Å². The molecule has 0 saturated heterocycles. The lowest BCUT2D eigenvalue weighted by molar-refractivity contribution is 0.595. The number of rotatable bonds is 6. The van der Waals surface area contributed by atoms with Gasteiger partial charge >= 0.3 is 0 Å². The monoisotopic (exact) mass is 323 g/mol. The topological polar surface area (TPSA) is 12.0 Å². The molecule has 0 aliphatic heterocycles. The van der Waals surface area contributed by atoms with Gasteiger partial charge < -0.3 is 5.32 Å². The van der Waals surface area contributed by atoms with Crippen molar-refractivity contribution >= 4 is 23.4 Å². The van der Waals surface area contributed by atoms with Crippen LogP contribution in [0.4, 0.5) is 4.39 Å². The molecular weight excluding hydrogens is 305 g/mol. The van der Waals surface area contributed by atoms with Crippen molar-refractivity contribution in [3.05, 3.63) is 64.4 Å². The van der Waals surface area contributed by atoms with Crippen LogP contribution in [0.15, 0.2) is 47.4 Å². The summed E-state index contributed by atoms with van der Waals surface area (Å²) in [6.07, 6.45) is 0. The van der Waals surface area contributed by atoms with Crippen molar-refractivity contribution in [1.82, 2.24) is 5.32 Å². The number of halogens is 2. The highest BCUT2D eigenvalue weighted by atomic mass is 35.5. The average molecular weight is 324 g/mol. The molecule has 0 saturated carbocycles. The largest absolute Gasteiger partial charge is 0.309 e. The average Bonchev–Trinajstić information content (AvgIpc) is 2.48. The van der Waals surface area contributed by atoms with Crippen molar-refractivity contribution in [2.24, 2.45) is 0 Å². The van der Waals surface area contributed by atoms with Crippen molar-refractivity contribution in [3.63, 3.8) is 0 Å². The van der Waals surface area contributed by atoms with E-state index >= 15 is 0 Å². The second kappa shape index (κ2) is 7.83. The molecule has 1 N–H and O–H groups in total. The molecule has 0 aromatic heterocycles. The van der Waals surface area contributed by atoms with E-state index in [2.05, 4.69) is 18.3 Å². The molecule has 4 heteroatoms. The molecule has 0 spiro atoms. The minimum atomic E-state index is -0.167. The molecule has 2 aromatic rings. The summed E-state index contributed by atoms with van der Waals surface area (Å²) in [5, 5.41) is 4.20. The minimum absolute atomic E-state index is 0.151. The maximum absolute atomic E-state index is 13.7. The first kappa shape index (κ1) is 16.3. The van der Waals surface area contributed by atoms with Gasteiger partial charge in [-0.25, -0.2) is 4.39 Å². The molecular formula is C17H19ClFNS. The molecule has 0 radical (unpaired) electrons. The summed E-state index contributed by atoms with van der Waals surface area (Å²) >= 11 is 7.73. The van der Waals surface area contributed by atoms with Crippen LogP contribution in [0, 0.1) is 12.7 Å². The number of aryl methyl sites for hydroxylation is 1.